The summed E-state index contributed by atoms with van der Waals surface area (Å²) in [6.45, 7) is 0.441. The Kier molecular flexibility index (Phi) is 6.47. The summed E-state index contributed by atoms with van der Waals surface area (Å²) < 4.78 is 42.0. The van der Waals surface area contributed by atoms with Crippen molar-refractivity contribution in [1.82, 2.24) is 19.1 Å². The van der Waals surface area contributed by atoms with E-state index in [0.29, 0.717) is 21.8 Å². The molecule has 4 aromatic rings. The summed E-state index contributed by atoms with van der Waals surface area (Å²) in [4.78, 5) is 14.7. The lowest BCUT2D eigenvalue weighted by Crippen LogP contribution is -2.47. The Balaban J connectivity index is 1.35. The monoisotopic (exact) mass is 529 g/mol. The van der Waals surface area contributed by atoms with Crippen LogP contribution in [-0.4, -0.2) is 65.8 Å². The number of morpholine rings is 1. The largest absolute Gasteiger partial charge is 0.475 e. The number of fused-ring (bicyclic) bond motifs is 1. The van der Waals surface area contributed by atoms with Gasteiger partial charge in [-0.1, -0.05) is 41.9 Å². The Bertz CT molecular complexity index is 1530. The summed E-state index contributed by atoms with van der Waals surface area (Å²) in [5.41, 5.74) is 7.48. The predicted molar refractivity (Wildman–Crippen MR) is 134 cm³/mol. The van der Waals surface area contributed by atoms with Gasteiger partial charge in [0.1, 0.15) is 23.3 Å². The van der Waals surface area contributed by atoms with E-state index in [2.05, 4.69) is 10.1 Å². The molecule has 1 amide bonds. The predicted octanol–water partition coefficient (Wildman–Crippen LogP) is 2.79. The van der Waals surface area contributed by atoms with Gasteiger partial charge in [-0.15, -0.1) is 0 Å². The lowest BCUT2D eigenvalue weighted by atomic mass is 10.2. The quantitative estimate of drug-likeness (QED) is 0.378. The zero-order chi connectivity index (χ0) is 25.4. The van der Waals surface area contributed by atoms with Crippen LogP contribution >= 0.6 is 11.6 Å². The maximum absolute atomic E-state index is 13.7. The number of primary amides is 1. The number of hydrogen-bond donors (Lipinski definition) is 2. The van der Waals surface area contributed by atoms with Crippen molar-refractivity contribution in [2.75, 3.05) is 26.3 Å². The third-order valence-corrected chi connectivity index (χ3v) is 8.17. The van der Waals surface area contributed by atoms with Crippen LogP contribution in [0, 0.1) is 0 Å². The molecule has 188 valence electrons. The highest BCUT2D eigenvalue weighted by Gasteiger charge is 2.36. The molecule has 36 heavy (non-hydrogen) atoms. The van der Waals surface area contributed by atoms with Crippen molar-refractivity contribution in [3.63, 3.8) is 0 Å². The number of ether oxygens (including phenoxy) is 2. The van der Waals surface area contributed by atoms with Crippen molar-refractivity contribution in [3.8, 4) is 17.1 Å². The smallest absolute Gasteiger partial charge is 0.266 e. The molecule has 0 aliphatic carbocycles. The first-order valence-electron chi connectivity index (χ1n) is 11.2. The number of amides is 1. The van der Waals surface area contributed by atoms with Crippen LogP contribution < -0.4 is 10.5 Å². The number of rotatable bonds is 7. The highest BCUT2D eigenvalue weighted by atomic mass is 35.5. The van der Waals surface area contributed by atoms with Crippen molar-refractivity contribution in [2.45, 2.75) is 11.0 Å². The number of carbonyl (C=O) groups is 1. The minimum atomic E-state index is -4.10. The van der Waals surface area contributed by atoms with E-state index in [0.717, 1.165) is 11.3 Å². The Hall–Kier alpha value is -3.38. The van der Waals surface area contributed by atoms with E-state index < -0.39 is 22.0 Å². The molecule has 1 saturated heterocycles. The van der Waals surface area contributed by atoms with E-state index in [1.165, 1.54) is 10.4 Å². The van der Waals surface area contributed by atoms with Crippen molar-refractivity contribution in [2.24, 2.45) is 12.8 Å². The number of hydrogen-bond acceptors (Lipinski definition) is 6. The fourth-order valence-corrected chi connectivity index (χ4v) is 6.20. The maximum Gasteiger partial charge on any atom is 0.266 e. The van der Waals surface area contributed by atoms with Gasteiger partial charge in [-0.25, -0.2) is 13.1 Å². The average molecular weight is 530 g/mol. The van der Waals surface area contributed by atoms with Crippen molar-refractivity contribution < 1.29 is 22.7 Å². The zero-order valence-electron chi connectivity index (χ0n) is 19.3. The van der Waals surface area contributed by atoms with Gasteiger partial charge in [-0.3, -0.25) is 4.79 Å². The second kappa shape index (κ2) is 9.58. The summed E-state index contributed by atoms with van der Waals surface area (Å²) in [6.07, 6.45) is -0.533. The van der Waals surface area contributed by atoms with Gasteiger partial charge in [0.2, 0.25) is 15.9 Å². The molecule has 1 unspecified atom stereocenters. The molecule has 5 rings (SSSR count). The Morgan fingerprint density at radius 3 is 2.78 bits per heavy atom. The van der Waals surface area contributed by atoms with Crippen LogP contribution in [0.5, 0.6) is 5.88 Å². The van der Waals surface area contributed by atoms with E-state index >= 15 is 0 Å². The first-order valence-corrected chi connectivity index (χ1v) is 13.0. The minimum Gasteiger partial charge on any atom is -0.475 e. The molecular weight excluding hydrogens is 506 g/mol. The van der Waals surface area contributed by atoms with E-state index in [1.807, 2.05) is 36.4 Å². The fraction of sp³-hybridized carbons (Fsp3) is 0.250. The number of aromatic amines is 1. The molecule has 1 aliphatic rings. The number of aryl methyl sites for hydroxylation is 1. The summed E-state index contributed by atoms with van der Waals surface area (Å²) in [5, 5.41) is 5.13. The fourth-order valence-electron chi connectivity index (χ4n) is 4.23. The molecule has 12 heteroatoms. The zero-order valence-corrected chi connectivity index (χ0v) is 20.9. The second-order valence-corrected chi connectivity index (χ2v) is 10.7. The van der Waals surface area contributed by atoms with Gasteiger partial charge < -0.3 is 20.2 Å². The number of benzene rings is 2. The van der Waals surface area contributed by atoms with Gasteiger partial charge in [-0.2, -0.15) is 9.40 Å². The molecule has 10 nitrogen and oxygen atoms in total. The maximum atomic E-state index is 13.7. The SMILES string of the molecule is Cn1nc(-c2ccccc2)cc1OCC1CN(S(=O)(=O)c2c(C(N)=O)[nH]c3ccc(Cl)cc23)CCO1. The third kappa shape index (κ3) is 4.58. The minimum absolute atomic E-state index is 0.0389. The summed E-state index contributed by atoms with van der Waals surface area (Å²) in [7, 11) is -2.33. The van der Waals surface area contributed by atoms with Gasteiger partial charge in [0.15, 0.2) is 0 Å². The molecule has 3 N–H and O–H groups in total. The molecule has 1 aliphatic heterocycles. The van der Waals surface area contributed by atoms with Crippen LogP contribution in [0.2, 0.25) is 5.02 Å². The molecule has 1 atom stereocenters. The van der Waals surface area contributed by atoms with Gasteiger partial charge in [0, 0.05) is 47.7 Å². The lowest BCUT2D eigenvalue weighted by Gasteiger charge is -2.32. The molecule has 2 aromatic heterocycles. The highest BCUT2D eigenvalue weighted by molar-refractivity contribution is 7.89. The second-order valence-electron chi connectivity index (χ2n) is 8.41. The van der Waals surface area contributed by atoms with Gasteiger partial charge in [0.05, 0.1) is 12.3 Å². The normalized spacial score (nSPS) is 16.9. The average Bonchev–Trinajstić information content (AvgIpc) is 3.44. The molecule has 0 bridgehead atoms. The number of aromatic nitrogens is 3. The van der Waals surface area contributed by atoms with Crippen molar-refractivity contribution >= 4 is 38.4 Å². The van der Waals surface area contributed by atoms with Crippen LogP contribution in [-0.2, 0) is 21.8 Å². The lowest BCUT2D eigenvalue weighted by molar-refractivity contribution is -0.0263. The highest BCUT2D eigenvalue weighted by Crippen LogP contribution is 2.32. The molecule has 1 fully saturated rings. The third-order valence-electron chi connectivity index (χ3n) is 5.98. The number of nitrogens with zero attached hydrogens (tertiary/aromatic N) is 3. The molecular formula is C24H24ClN5O5S. The topological polar surface area (TPSA) is 133 Å². The summed E-state index contributed by atoms with van der Waals surface area (Å²) in [6, 6.07) is 16.2. The molecule has 0 spiro atoms. The number of sulfonamides is 1. The van der Waals surface area contributed by atoms with E-state index in [1.54, 1.807) is 23.9 Å². The van der Waals surface area contributed by atoms with Crippen LogP contribution in [0.4, 0.5) is 0 Å². The van der Waals surface area contributed by atoms with Crippen molar-refractivity contribution in [3.05, 3.63) is 65.3 Å². The van der Waals surface area contributed by atoms with Crippen molar-refractivity contribution in [1.29, 1.82) is 0 Å². The van der Waals surface area contributed by atoms with Gasteiger partial charge in [-0.05, 0) is 18.2 Å². The summed E-state index contributed by atoms with van der Waals surface area (Å²) in [5.74, 6) is -0.348. The number of H-pyrrole nitrogens is 1. The number of nitrogens with two attached hydrogens (primary N) is 1. The molecule has 2 aromatic carbocycles. The van der Waals surface area contributed by atoms with Gasteiger partial charge in [0.25, 0.3) is 5.91 Å². The first-order chi connectivity index (χ1) is 17.2. The Labute approximate surface area is 212 Å². The Morgan fingerprint density at radius 2 is 2.03 bits per heavy atom. The molecule has 3 heterocycles. The van der Waals surface area contributed by atoms with Crippen LogP contribution in [0.25, 0.3) is 22.2 Å². The number of halogens is 1. The van der Waals surface area contributed by atoms with Crippen LogP contribution in [0.3, 0.4) is 0 Å². The number of nitrogens with one attached hydrogen (secondary N) is 1. The molecule has 0 saturated carbocycles. The Morgan fingerprint density at radius 1 is 1.25 bits per heavy atom. The van der Waals surface area contributed by atoms with E-state index in [4.69, 9.17) is 26.8 Å². The molecule has 0 radical (unpaired) electrons. The summed E-state index contributed by atoms with van der Waals surface area (Å²) >= 11 is 6.11. The standard InChI is InChI=1S/C24H24ClN5O5S/c1-29-21(12-20(28-29)15-5-3-2-4-6-15)35-14-17-13-30(9-10-34-17)36(32,33)23-18-11-16(25)7-8-19(18)27-22(23)24(26)31/h2-8,11-12,17,27H,9-10,13-14H2,1H3,(H2,26,31). The van der Waals surface area contributed by atoms with E-state index in [9.17, 15) is 13.2 Å². The van der Waals surface area contributed by atoms with Crippen LogP contribution in [0.15, 0.2) is 59.5 Å². The van der Waals surface area contributed by atoms with E-state index in [-0.39, 0.29) is 36.9 Å². The van der Waals surface area contributed by atoms with Gasteiger partial charge >= 0.3 is 0 Å². The first kappa shape index (κ1) is 24.3. The van der Waals surface area contributed by atoms with Crippen LogP contribution in [0.1, 0.15) is 10.5 Å². The number of carbonyl (C=O) groups excluding carboxylic acids is 1.